The number of hydrogen-bond acceptors (Lipinski definition) is 5. The van der Waals surface area contributed by atoms with Gasteiger partial charge in [0.25, 0.3) is 0 Å². The molecule has 0 bridgehead atoms. The highest BCUT2D eigenvalue weighted by atomic mass is 32.1. The van der Waals surface area contributed by atoms with Crippen LogP contribution < -0.4 is 5.32 Å². The van der Waals surface area contributed by atoms with Crippen molar-refractivity contribution in [3.05, 3.63) is 41.3 Å². The number of benzene rings is 1. The van der Waals surface area contributed by atoms with Gasteiger partial charge in [-0.25, -0.2) is 4.79 Å². The van der Waals surface area contributed by atoms with Crippen molar-refractivity contribution < 1.29 is 14.6 Å². The molecule has 0 aliphatic rings. The van der Waals surface area contributed by atoms with Gasteiger partial charge in [-0.05, 0) is 18.6 Å². The second kappa shape index (κ2) is 6.54. The molecule has 106 valence electrons. The normalized spacial score (nSPS) is 11.9. The molecule has 1 aromatic heterocycles. The number of carbonyl (C=O) groups is 1. The highest BCUT2D eigenvalue weighted by Crippen LogP contribution is 2.35. The van der Waals surface area contributed by atoms with Crippen LogP contribution in [0.25, 0.3) is 10.4 Å². The Labute approximate surface area is 122 Å². The van der Waals surface area contributed by atoms with E-state index in [-0.39, 0.29) is 18.6 Å². The van der Waals surface area contributed by atoms with Crippen molar-refractivity contribution in [2.24, 2.45) is 0 Å². The number of thiophene rings is 1. The molecule has 0 aliphatic heterocycles. The summed E-state index contributed by atoms with van der Waals surface area (Å²) >= 11 is 1.38. The minimum Gasteiger partial charge on any atom is -0.465 e. The van der Waals surface area contributed by atoms with Gasteiger partial charge >= 0.3 is 5.97 Å². The molecule has 20 heavy (non-hydrogen) atoms. The maximum absolute atomic E-state index is 11.8. The zero-order valence-corrected chi connectivity index (χ0v) is 12.2. The lowest BCUT2D eigenvalue weighted by Crippen LogP contribution is -2.20. The lowest BCUT2D eigenvalue weighted by atomic mass is 10.2. The Morgan fingerprint density at radius 1 is 1.40 bits per heavy atom. The van der Waals surface area contributed by atoms with Crippen LogP contribution in [0.5, 0.6) is 0 Å². The lowest BCUT2D eigenvalue weighted by molar-refractivity contribution is 0.0607. The summed E-state index contributed by atoms with van der Waals surface area (Å²) in [5, 5.41) is 12.3. The molecule has 1 aromatic carbocycles. The number of anilines is 1. The van der Waals surface area contributed by atoms with Crippen molar-refractivity contribution in [3.63, 3.8) is 0 Å². The molecular weight excluding hydrogens is 274 g/mol. The summed E-state index contributed by atoms with van der Waals surface area (Å²) in [5.41, 5.74) is 1.75. The molecular formula is C15H17NO3S. The number of aliphatic hydroxyl groups excluding tert-OH is 1. The first-order chi connectivity index (χ1) is 9.65. The summed E-state index contributed by atoms with van der Waals surface area (Å²) in [6.07, 6.45) is 0. The van der Waals surface area contributed by atoms with E-state index < -0.39 is 0 Å². The van der Waals surface area contributed by atoms with Gasteiger partial charge in [-0.15, -0.1) is 11.3 Å². The predicted molar refractivity (Wildman–Crippen MR) is 81.3 cm³/mol. The molecule has 0 aliphatic carbocycles. The summed E-state index contributed by atoms with van der Waals surface area (Å²) in [5.74, 6) is -0.371. The zero-order valence-electron chi connectivity index (χ0n) is 11.4. The molecule has 2 rings (SSSR count). The topological polar surface area (TPSA) is 58.6 Å². The van der Waals surface area contributed by atoms with E-state index in [2.05, 4.69) is 5.32 Å². The molecule has 5 heteroatoms. The quantitative estimate of drug-likeness (QED) is 0.831. The van der Waals surface area contributed by atoms with Gasteiger partial charge in [-0.1, -0.05) is 30.3 Å². The largest absolute Gasteiger partial charge is 0.465 e. The first-order valence-electron chi connectivity index (χ1n) is 6.30. The number of ether oxygens (including phenoxy) is 1. The van der Waals surface area contributed by atoms with Gasteiger partial charge in [0, 0.05) is 10.9 Å². The maximum Gasteiger partial charge on any atom is 0.350 e. The summed E-state index contributed by atoms with van der Waals surface area (Å²) in [7, 11) is 1.36. The fourth-order valence-electron chi connectivity index (χ4n) is 1.80. The van der Waals surface area contributed by atoms with Crippen LogP contribution in [0.15, 0.2) is 36.4 Å². The number of hydrogen-bond donors (Lipinski definition) is 2. The third-order valence-electron chi connectivity index (χ3n) is 2.84. The van der Waals surface area contributed by atoms with Gasteiger partial charge in [0.1, 0.15) is 4.88 Å². The molecule has 0 saturated heterocycles. The average molecular weight is 291 g/mol. The van der Waals surface area contributed by atoms with E-state index in [1.165, 1.54) is 18.4 Å². The van der Waals surface area contributed by atoms with Crippen LogP contribution in [0.1, 0.15) is 16.6 Å². The Morgan fingerprint density at radius 2 is 2.10 bits per heavy atom. The van der Waals surface area contributed by atoms with Crippen LogP contribution in [0.4, 0.5) is 5.69 Å². The second-order valence-corrected chi connectivity index (χ2v) is 5.49. The first kappa shape index (κ1) is 14.6. The molecule has 1 unspecified atom stereocenters. The molecule has 0 saturated carbocycles. The molecule has 1 heterocycles. The van der Waals surface area contributed by atoms with E-state index in [9.17, 15) is 4.79 Å². The number of aliphatic hydroxyl groups is 1. The molecule has 0 radical (unpaired) electrons. The first-order valence-corrected chi connectivity index (χ1v) is 7.12. The Kier molecular flexibility index (Phi) is 4.76. The van der Waals surface area contributed by atoms with Crippen LogP contribution in [0, 0.1) is 0 Å². The van der Waals surface area contributed by atoms with E-state index in [1.54, 1.807) is 0 Å². The van der Waals surface area contributed by atoms with Gasteiger partial charge in [0.15, 0.2) is 0 Å². The second-order valence-electron chi connectivity index (χ2n) is 4.44. The SMILES string of the molecule is COC(=O)c1sc(-c2ccccc2)cc1NC(C)CO. The number of esters is 1. The summed E-state index contributed by atoms with van der Waals surface area (Å²) in [6, 6.07) is 11.6. The van der Waals surface area contributed by atoms with E-state index in [0.717, 1.165) is 10.4 Å². The van der Waals surface area contributed by atoms with Crippen molar-refractivity contribution in [1.29, 1.82) is 0 Å². The van der Waals surface area contributed by atoms with E-state index >= 15 is 0 Å². The van der Waals surface area contributed by atoms with E-state index in [0.29, 0.717) is 10.6 Å². The van der Waals surface area contributed by atoms with Gasteiger partial charge in [0.2, 0.25) is 0 Å². The Bertz CT molecular complexity index is 580. The highest BCUT2D eigenvalue weighted by molar-refractivity contribution is 7.18. The number of methoxy groups -OCH3 is 1. The van der Waals surface area contributed by atoms with Gasteiger partial charge < -0.3 is 15.2 Å². The fourth-order valence-corrected chi connectivity index (χ4v) is 2.84. The van der Waals surface area contributed by atoms with E-state index in [1.807, 2.05) is 43.3 Å². The number of nitrogens with one attached hydrogen (secondary N) is 1. The Morgan fingerprint density at radius 3 is 2.70 bits per heavy atom. The van der Waals surface area contributed by atoms with E-state index in [4.69, 9.17) is 9.84 Å². The summed E-state index contributed by atoms with van der Waals surface area (Å²) < 4.78 is 4.81. The molecule has 0 amide bonds. The molecule has 1 atom stereocenters. The molecule has 2 N–H and O–H groups in total. The maximum atomic E-state index is 11.8. The third-order valence-corrected chi connectivity index (χ3v) is 4.00. The van der Waals surface area contributed by atoms with Crippen LogP contribution >= 0.6 is 11.3 Å². The van der Waals surface area contributed by atoms with Crippen molar-refractivity contribution in [1.82, 2.24) is 0 Å². The number of rotatable bonds is 5. The monoisotopic (exact) mass is 291 g/mol. The standard InChI is InChI=1S/C15H17NO3S/c1-10(9-17)16-12-8-13(11-6-4-3-5-7-11)20-14(12)15(18)19-2/h3-8,10,16-17H,9H2,1-2H3. The minimum absolute atomic E-state index is 0.00285. The average Bonchev–Trinajstić information content (AvgIpc) is 2.91. The molecule has 0 fully saturated rings. The smallest absolute Gasteiger partial charge is 0.350 e. The zero-order chi connectivity index (χ0) is 14.5. The van der Waals surface area contributed by atoms with Gasteiger partial charge in [0.05, 0.1) is 19.4 Å². The van der Waals surface area contributed by atoms with Crippen molar-refractivity contribution in [3.8, 4) is 10.4 Å². The van der Waals surface area contributed by atoms with Crippen LogP contribution in [0.3, 0.4) is 0 Å². The molecule has 2 aromatic rings. The summed E-state index contributed by atoms with van der Waals surface area (Å²) in [6.45, 7) is 1.85. The third kappa shape index (κ3) is 3.18. The van der Waals surface area contributed by atoms with Crippen molar-refractivity contribution >= 4 is 23.0 Å². The van der Waals surface area contributed by atoms with Crippen molar-refractivity contribution in [2.45, 2.75) is 13.0 Å². The van der Waals surface area contributed by atoms with Crippen molar-refractivity contribution in [2.75, 3.05) is 19.0 Å². The van der Waals surface area contributed by atoms with Crippen LogP contribution in [0.2, 0.25) is 0 Å². The molecule has 0 spiro atoms. The summed E-state index contributed by atoms with van der Waals surface area (Å²) in [4.78, 5) is 13.3. The van der Waals surface area contributed by atoms with Crippen LogP contribution in [-0.4, -0.2) is 30.8 Å². The molecule has 4 nitrogen and oxygen atoms in total. The minimum atomic E-state index is -0.371. The lowest BCUT2D eigenvalue weighted by Gasteiger charge is -2.11. The predicted octanol–water partition coefficient (Wildman–Crippen LogP) is 2.99. The van der Waals surface area contributed by atoms with Gasteiger partial charge in [-0.2, -0.15) is 0 Å². The Balaban J connectivity index is 2.39. The Hall–Kier alpha value is -1.85. The number of carbonyl (C=O) groups excluding carboxylic acids is 1. The van der Waals surface area contributed by atoms with Crippen LogP contribution in [-0.2, 0) is 4.74 Å². The fraction of sp³-hybridized carbons (Fsp3) is 0.267. The highest BCUT2D eigenvalue weighted by Gasteiger charge is 2.18. The van der Waals surface area contributed by atoms with Gasteiger partial charge in [-0.3, -0.25) is 0 Å².